The number of hydrogen-bond acceptors (Lipinski definition) is 7. The summed E-state index contributed by atoms with van der Waals surface area (Å²) >= 11 is 1.42. The number of rotatable bonds is 7. The van der Waals surface area contributed by atoms with Crippen molar-refractivity contribution in [2.45, 2.75) is 31.1 Å². The Morgan fingerprint density at radius 1 is 1.20 bits per heavy atom. The summed E-state index contributed by atoms with van der Waals surface area (Å²) in [6, 6.07) is 6.12. The van der Waals surface area contributed by atoms with Gasteiger partial charge in [0.2, 0.25) is 15.2 Å². The summed E-state index contributed by atoms with van der Waals surface area (Å²) in [4.78, 5) is 12.5. The first-order chi connectivity index (χ1) is 12.0. The van der Waals surface area contributed by atoms with E-state index in [-0.39, 0.29) is 17.2 Å². The molecule has 1 fully saturated rings. The molecule has 1 saturated heterocycles. The van der Waals surface area contributed by atoms with Crippen molar-refractivity contribution in [3.8, 4) is 0 Å². The highest BCUT2D eigenvalue weighted by atomic mass is 32.2. The van der Waals surface area contributed by atoms with Crippen LogP contribution in [0.5, 0.6) is 0 Å². The summed E-state index contributed by atoms with van der Waals surface area (Å²) in [5, 5.41) is 12.4. The third kappa shape index (κ3) is 4.05. The van der Waals surface area contributed by atoms with Gasteiger partial charge in [0, 0.05) is 18.7 Å². The maximum Gasteiger partial charge on any atom is 0.243 e. The van der Waals surface area contributed by atoms with Crippen LogP contribution in [0.15, 0.2) is 29.2 Å². The number of benzene rings is 1. The maximum absolute atomic E-state index is 12.5. The Bertz CT molecular complexity index is 841. The molecule has 0 unspecified atom stereocenters. The fourth-order valence-electron chi connectivity index (χ4n) is 2.62. The Labute approximate surface area is 151 Å². The van der Waals surface area contributed by atoms with Crippen molar-refractivity contribution in [3.05, 3.63) is 34.8 Å². The van der Waals surface area contributed by atoms with E-state index >= 15 is 0 Å². The zero-order valence-corrected chi connectivity index (χ0v) is 15.6. The van der Waals surface area contributed by atoms with Gasteiger partial charge in [-0.15, -0.1) is 10.2 Å². The number of anilines is 1. The van der Waals surface area contributed by atoms with Gasteiger partial charge in [0.25, 0.3) is 0 Å². The van der Waals surface area contributed by atoms with Crippen LogP contribution >= 0.6 is 11.3 Å². The van der Waals surface area contributed by atoms with Crippen molar-refractivity contribution < 1.29 is 13.2 Å². The van der Waals surface area contributed by atoms with Crippen LogP contribution in [-0.2, 0) is 16.4 Å². The Kier molecular flexibility index (Phi) is 5.45. The molecule has 7 nitrogen and oxygen atoms in total. The number of ketones is 1. The Hall–Kier alpha value is -1.84. The molecule has 3 rings (SSSR count). The predicted octanol–water partition coefficient (Wildman–Crippen LogP) is 2.18. The van der Waals surface area contributed by atoms with Gasteiger partial charge >= 0.3 is 0 Å². The monoisotopic (exact) mass is 380 g/mol. The zero-order chi connectivity index (χ0) is 17.9. The van der Waals surface area contributed by atoms with E-state index in [9.17, 15) is 13.2 Å². The van der Waals surface area contributed by atoms with E-state index in [4.69, 9.17) is 0 Å². The van der Waals surface area contributed by atoms with Gasteiger partial charge in [-0.1, -0.05) is 18.3 Å². The number of nitrogens with zero attached hydrogens (tertiary/aromatic N) is 3. The summed E-state index contributed by atoms with van der Waals surface area (Å²) in [5.41, 5.74) is 0.466. The first kappa shape index (κ1) is 18.0. The van der Waals surface area contributed by atoms with E-state index < -0.39 is 10.0 Å². The highest BCUT2D eigenvalue weighted by Crippen LogP contribution is 2.21. The number of carbonyl (C=O) groups excluding carboxylic acids is 1. The standard InChI is InChI=1S/C16H20N4O3S2/c1-2-15-18-19-16(24-15)17-11-14(21)12-5-7-13(8-6-12)25(22,23)20-9-3-4-10-20/h5-8H,2-4,9-11H2,1H3,(H,17,19). The van der Waals surface area contributed by atoms with Crippen molar-refractivity contribution in [2.75, 3.05) is 25.0 Å². The molecule has 1 aliphatic rings. The second kappa shape index (κ2) is 7.59. The van der Waals surface area contributed by atoms with E-state index in [1.807, 2.05) is 6.92 Å². The molecule has 0 atom stereocenters. The van der Waals surface area contributed by atoms with Crippen LogP contribution in [0, 0.1) is 0 Å². The minimum Gasteiger partial charge on any atom is -0.353 e. The van der Waals surface area contributed by atoms with Crippen LogP contribution in [-0.4, -0.2) is 48.3 Å². The second-order valence-corrected chi connectivity index (χ2v) is 8.77. The molecule has 1 aromatic heterocycles. The normalized spacial score (nSPS) is 15.4. The van der Waals surface area contributed by atoms with Crippen LogP contribution in [0.1, 0.15) is 35.1 Å². The first-order valence-electron chi connectivity index (χ1n) is 8.20. The lowest BCUT2D eigenvalue weighted by Crippen LogP contribution is -2.27. The van der Waals surface area contributed by atoms with Crippen molar-refractivity contribution in [3.63, 3.8) is 0 Å². The van der Waals surface area contributed by atoms with E-state index in [2.05, 4.69) is 15.5 Å². The lowest BCUT2D eigenvalue weighted by atomic mass is 10.1. The summed E-state index contributed by atoms with van der Waals surface area (Å²) in [6.45, 7) is 3.22. The number of aryl methyl sites for hydroxylation is 1. The molecule has 9 heteroatoms. The molecule has 2 aromatic rings. The van der Waals surface area contributed by atoms with Crippen molar-refractivity contribution in [2.24, 2.45) is 0 Å². The lowest BCUT2D eigenvalue weighted by molar-refractivity contribution is 0.101. The highest BCUT2D eigenvalue weighted by Gasteiger charge is 2.27. The summed E-state index contributed by atoms with van der Waals surface area (Å²) in [6.07, 6.45) is 2.60. The number of Topliss-reactive ketones (excluding diaryl/α,β-unsaturated/α-hetero) is 1. The highest BCUT2D eigenvalue weighted by molar-refractivity contribution is 7.89. The van der Waals surface area contributed by atoms with Crippen molar-refractivity contribution >= 4 is 32.3 Å². The van der Waals surface area contributed by atoms with Crippen molar-refractivity contribution in [1.82, 2.24) is 14.5 Å². The molecule has 0 radical (unpaired) electrons. The number of aromatic nitrogens is 2. The molecular formula is C16H20N4O3S2. The average molecular weight is 380 g/mol. The lowest BCUT2D eigenvalue weighted by Gasteiger charge is -2.15. The van der Waals surface area contributed by atoms with Gasteiger partial charge in [-0.3, -0.25) is 4.79 Å². The fraction of sp³-hybridized carbons (Fsp3) is 0.438. The minimum absolute atomic E-state index is 0.0938. The summed E-state index contributed by atoms with van der Waals surface area (Å²) < 4.78 is 26.4. The van der Waals surface area contributed by atoms with Crippen LogP contribution < -0.4 is 5.32 Å². The quantitative estimate of drug-likeness (QED) is 0.740. The number of carbonyl (C=O) groups is 1. The SMILES string of the molecule is CCc1nnc(NCC(=O)c2ccc(S(=O)(=O)N3CCCC3)cc2)s1. The first-order valence-corrected chi connectivity index (χ1v) is 10.5. The average Bonchev–Trinajstić information content (AvgIpc) is 3.31. The smallest absolute Gasteiger partial charge is 0.243 e. The van der Waals surface area contributed by atoms with Crippen LogP contribution in [0.4, 0.5) is 5.13 Å². The Balaban J connectivity index is 1.64. The second-order valence-electron chi connectivity index (χ2n) is 5.77. The number of sulfonamides is 1. The Morgan fingerprint density at radius 2 is 1.88 bits per heavy atom. The number of nitrogens with one attached hydrogen (secondary N) is 1. The van der Waals surface area contributed by atoms with E-state index in [0.29, 0.717) is 23.8 Å². The van der Waals surface area contributed by atoms with Crippen LogP contribution in [0.25, 0.3) is 0 Å². The maximum atomic E-state index is 12.5. The van der Waals surface area contributed by atoms with Crippen LogP contribution in [0.3, 0.4) is 0 Å². The predicted molar refractivity (Wildman–Crippen MR) is 96.5 cm³/mol. The molecule has 2 heterocycles. The molecule has 0 aliphatic carbocycles. The van der Waals surface area contributed by atoms with Gasteiger partial charge in [-0.2, -0.15) is 4.31 Å². The third-order valence-corrected chi connectivity index (χ3v) is 6.99. The molecule has 1 aromatic carbocycles. The summed E-state index contributed by atoms with van der Waals surface area (Å²) in [7, 11) is -3.45. The van der Waals surface area contributed by atoms with Gasteiger partial charge in [0.1, 0.15) is 5.01 Å². The topological polar surface area (TPSA) is 92.3 Å². The molecule has 0 saturated carbocycles. The Morgan fingerprint density at radius 3 is 2.48 bits per heavy atom. The minimum atomic E-state index is -3.45. The molecular weight excluding hydrogens is 360 g/mol. The molecule has 0 spiro atoms. The molecule has 1 N–H and O–H groups in total. The van der Waals surface area contributed by atoms with Gasteiger partial charge in [0.15, 0.2) is 5.78 Å². The molecule has 0 amide bonds. The van der Waals surface area contributed by atoms with E-state index in [1.165, 1.54) is 27.8 Å². The van der Waals surface area contributed by atoms with Gasteiger partial charge in [-0.25, -0.2) is 8.42 Å². The van der Waals surface area contributed by atoms with E-state index in [0.717, 1.165) is 24.3 Å². The molecule has 134 valence electrons. The van der Waals surface area contributed by atoms with Gasteiger partial charge in [0.05, 0.1) is 11.4 Å². The summed E-state index contributed by atoms with van der Waals surface area (Å²) in [5.74, 6) is -0.127. The fourth-order valence-corrected chi connectivity index (χ4v) is 4.81. The molecule has 1 aliphatic heterocycles. The number of hydrogen-bond donors (Lipinski definition) is 1. The van der Waals surface area contributed by atoms with E-state index in [1.54, 1.807) is 12.1 Å². The molecule has 25 heavy (non-hydrogen) atoms. The van der Waals surface area contributed by atoms with Crippen LogP contribution in [0.2, 0.25) is 0 Å². The zero-order valence-electron chi connectivity index (χ0n) is 13.9. The molecule has 0 bridgehead atoms. The largest absolute Gasteiger partial charge is 0.353 e. The van der Waals surface area contributed by atoms with Crippen molar-refractivity contribution in [1.29, 1.82) is 0 Å². The van der Waals surface area contributed by atoms with Gasteiger partial charge in [-0.05, 0) is 43.5 Å². The third-order valence-electron chi connectivity index (χ3n) is 4.05. The van der Waals surface area contributed by atoms with Gasteiger partial charge < -0.3 is 5.32 Å².